The highest BCUT2D eigenvalue weighted by molar-refractivity contribution is 5.85. The van der Waals surface area contributed by atoms with E-state index in [0.29, 0.717) is 6.54 Å². The minimum absolute atomic E-state index is 0. The predicted molar refractivity (Wildman–Crippen MR) is 73.4 cm³/mol. The smallest absolute Gasteiger partial charge is 0.180 e. The maximum atomic E-state index is 5.63. The number of oxazole rings is 1. The van der Waals surface area contributed by atoms with Gasteiger partial charge in [-0.3, -0.25) is 4.90 Å². The van der Waals surface area contributed by atoms with Crippen molar-refractivity contribution < 1.29 is 4.42 Å². The highest BCUT2D eigenvalue weighted by atomic mass is 35.5. The molecule has 4 nitrogen and oxygen atoms in total. The molecular weight excluding hydrogens is 250 g/mol. The van der Waals surface area contributed by atoms with Gasteiger partial charge in [0, 0.05) is 26.2 Å². The molecule has 0 radical (unpaired) electrons. The summed E-state index contributed by atoms with van der Waals surface area (Å²) in [4.78, 5) is 6.39. The molecule has 1 heterocycles. The SMILES string of the molecule is Cl.NCCN(Cc1ccccc1)Cc1cocn1. The van der Waals surface area contributed by atoms with Crippen LogP contribution in [0.4, 0.5) is 0 Å². The summed E-state index contributed by atoms with van der Waals surface area (Å²) < 4.78 is 4.97. The van der Waals surface area contributed by atoms with E-state index in [1.54, 1.807) is 6.26 Å². The monoisotopic (exact) mass is 267 g/mol. The molecular formula is C13H18ClN3O. The number of halogens is 1. The first-order chi connectivity index (χ1) is 8.38. The number of nitrogens with zero attached hydrogens (tertiary/aromatic N) is 2. The van der Waals surface area contributed by atoms with E-state index >= 15 is 0 Å². The summed E-state index contributed by atoms with van der Waals surface area (Å²) in [6.45, 7) is 3.14. The number of hydrogen-bond acceptors (Lipinski definition) is 4. The maximum Gasteiger partial charge on any atom is 0.180 e. The highest BCUT2D eigenvalue weighted by Crippen LogP contribution is 2.07. The molecule has 0 saturated carbocycles. The van der Waals surface area contributed by atoms with Gasteiger partial charge in [-0.25, -0.2) is 4.98 Å². The first-order valence-electron chi connectivity index (χ1n) is 5.72. The lowest BCUT2D eigenvalue weighted by Crippen LogP contribution is -2.28. The average molecular weight is 268 g/mol. The molecule has 0 aliphatic rings. The van der Waals surface area contributed by atoms with Gasteiger partial charge >= 0.3 is 0 Å². The molecule has 5 heteroatoms. The Morgan fingerprint density at radius 2 is 1.94 bits per heavy atom. The van der Waals surface area contributed by atoms with Gasteiger partial charge in [0.2, 0.25) is 0 Å². The van der Waals surface area contributed by atoms with Crippen molar-refractivity contribution in [2.45, 2.75) is 13.1 Å². The zero-order valence-corrected chi connectivity index (χ0v) is 11.0. The van der Waals surface area contributed by atoms with Gasteiger partial charge in [0.25, 0.3) is 0 Å². The van der Waals surface area contributed by atoms with Gasteiger partial charge < -0.3 is 10.2 Å². The van der Waals surface area contributed by atoms with Gasteiger partial charge in [-0.2, -0.15) is 0 Å². The number of rotatable bonds is 6. The molecule has 1 aromatic heterocycles. The normalized spacial score (nSPS) is 10.3. The second-order valence-electron chi connectivity index (χ2n) is 3.96. The molecule has 0 aliphatic carbocycles. The van der Waals surface area contributed by atoms with E-state index in [9.17, 15) is 0 Å². The van der Waals surface area contributed by atoms with Crippen LogP contribution in [0.1, 0.15) is 11.3 Å². The molecule has 0 unspecified atom stereocenters. The fourth-order valence-electron chi connectivity index (χ4n) is 1.78. The molecule has 0 atom stereocenters. The largest absolute Gasteiger partial charge is 0.451 e. The van der Waals surface area contributed by atoms with Gasteiger partial charge in [0.1, 0.15) is 6.26 Å². The number of hydrogen-bond donors (Lipinski definition) is 1. The Balaban J connectivity index is 0.00000162. The molecule has 0 fully saturated rings. The van der Waals surface area contributed by atoms with Crippen molar-refractivity contribution in [3.05, 3.63) is 54.2 Å². The minimum atomic E-state index is 0. The number of aromatic nitrogens is 1. The molecule has 2 N–H and O–H groups in total. The summed E-state index contributed by atoms with van der Waals surface area (Å²) in [5.74, 6) is 0. The van der Waals surface area contributed by atoms with Crippen LogP contribution in [0.2, 0.25) is 0 Å². The second-order valence-corrected chi connectivity index (χ2v) is 3.96. The number of benzene rings is 1. The van der Waals surface area contributed by atoms with E-state index in [1.807, 2.05) is 18.2 Å². The first-order valence-corrected chi connectivity index (χ1v) is 5.72. The van der Waals surface area contributed by atoms with Crippen molar-refractivity contribution in [3.8, 4) is 0 Å². The lowest BCUT2D eigenvalue weighted by molar-refractivity contribution is 0.261. The summed E-state index contributed by atoms with van der Waals surface area (Å²) in [7, 11) is 0. The average Bonchev–Trinajstić information content (AvgIpc) is 2.83. The van der Waals surface area contributed by atoms with E-state index in [0.717, 1.165) is 25.3 Å². The fourth-order valence-corrected chi connectivity index (χ4v) is 1.78. The van der Waals surface area contributed by atoms with Crippen LogP contribution >= 0.6 is 12.4 Å². The van der Waals surface area contributed by atoms with Gasteiger partial charge in [-0.05, 0) is 5.56 Å². The van der Waals surface area contributed by atoms with Crippen LogP contribution in [0, 0.1) is 0 Å². The third-order valence-corrected chi connectivity index (χ3v) is 2.56. The van der Waals surface area contributed by atoms with Crippen molar-refractivity contribution in [3.63, 3.8) is 0 Å². The van der Waals surface area contributed by atoms with Gasteiger partial charge in [0.05, 0.1) is 5.69 Å². The molecule has 0 aliphatic heterocycles. The second kappa shape index (κ2) is 7.87. The van der Waals surface area contributed by atoms with Crippen LogP contribution in [-0.2, 0) is 13.1 Å². The molecule has 0 bridgehead atoms. The molecule has 0 spiro atoms. The summed E-state index contributed by atoms with van der Waals surface area (Å²) in [5, 5.41) is 0. The van der Waals surface area contributed by atoms with Gasteiger partial charge in [0.15, 0.2) is 6.39 Å². The van der Waals surface area contributed by atoms with Crippen molar-refractivity contribution in [2.24, 2.45) is 5.73 Å². The Bertz CT molecular complexity index is 419. The van der Waals surface area contributed by atoms with Crippen LogP contribution in [0.5, 0.6) is 0 Å². The Morgan fingerprint density at radius 1 is 1.17 bits per heavy atom. The van der Waals surface area contributed by atoms with Crippen LogP contribution in [0.3, 0.4) is 0 Å². The summed E-state index contributed by atoms with van der Waals surface area (Å²) >= 11 is 0. The van der Waals surface area contributed by atoms with Crippen molar-refractivity contribution in [2.75, 3.05) is 13.1 Å². The van der Waals surface area contributed by atoms with Crippen LogP contribution in [0.25, 0.3) is 0 Å². The number of nitrogens with two attached hydrogens (primary N) is 1. The molecule has 98 valence electrons. The highest BCUT2D eigenvalue weighted by Gasteiger charge is 2.07. The minimum Gasteiger partial charge on any atom is -0.451 e. The third kappa shape index (κ3) is 4.49. The lowest BCUT2D eigenvalue weighted by Gasteiger charge is -2.20. The van der Waals surface area contributed by atoms with Crippen LogP contribution < -0.4 is 5.73 Å². The summed E-state index contributed by atoms with van der Waals surface area (Å²) in [5.41, 5.74) is 7.85. The first kappa shape index (κ1) is 14.7. The Hall–Kier alpha value is -1.36. The Morgan fingerprint density at radius 3 is 2.56 bits per heavy atom. The molecule has 2 rings (SSSR count). The van der Waals surface area contributed by atoms with E-state index in [1.165, 1.54) is 12.0 Å². The standard InChI is InChI=1S/C13H17N3O.ClH/c14-6-7-16(9-13-10-17-11-15-13)8-12-4-2-1-3-5-12;/h1-5,10-11H,6-9,14H2;1H. The van der Waals surface area contributed by atoms with Crippen LogP contribution in [0.15, 0.2) is 47.4 Å². The van der Waals surface area contributed by atoms with Crippen molar-refractivity contribution >= 4 is 12.4 Å². The third-order valence-electron chi connectivity index (χ3n) is 2.56. The van der Waals surface area contributed by atoms with E-state index in [4.69, 9.17) is 10.2 Å². The quantitative estimate of drug-likeness (QED) is 0.870. The molecule has 0 saturated heterocycles. The summed E-state index contributed by atoms with van der Waals surface area (Å²) in [6.07, 6.45) is 3.13. The van der Waals surface area contributed by atoms with E-state index in [-0.39, 0.29) is 12.4 Å². The van der Waals surface area contributed by atoms with E-state index < -0.39 is 0 Å². The molecule has 0 amide bonds. The van der Waals surface area contributed by atoms with Crippen molar-refractivity contribution in [1.29, 1.82) is 0 Å². The van der Waals surface area contributed by atoms with Gasteiger partial charge in [-0.1, -0.05) is 30.3 Å². The summed E-state index contributed by atoms with van der Waals surface area (Å²) in [6, 6.07) is 10.4. The predicted octanol–water partition coefficient (Wildman–Crippen LogP) is 2.06. The molecule has 2 aromatic rings. The fraction of sp³-hybridized carbons (Fsp3) is 0.308. The zero-order valence-electron chi connectivity index (χ0n) is 10.2. The van der Waals surface area contributed by atoms with Gasteiger partial charge in [-0.15, -0.1) is 12.4 Å². The zero-order chi connectivity index (χ0) is 11.9. The van der Waals surface area contributed by atoms with Crippen molar-refractivity contribution in [1.82, 2.24) is 9.88 Å². The molecule has 1 aromatic carbocycles. The molecule has 18 heavy (non-hydrogen) atoms. The Kier molecular flexibility index (Phi) is 6.43. The topological polar surface area (TPSA) is 55.3 Å². The maximum absolute atomic E-state index is 5.63. The van der Waals surface area contributed by atoms with E-state index in [2.05, 4.69) is 22.0 Å². The Labute approximate surface area is 113 Å². The van der Waals surface area contributed by atoms with Crippen LogP contribution in [-0.4, -0.2) is 23.0 Å². The lowest BCUT2D eigenvalue weighted by atomic mass is 10.2.